The zero-order valence-electron chi connectivity index (χ0n) is 22.8. The molecule has 0 radical (unpaired) electrons. The zero-order valence-corrected chi connectivity index (χ0v) is 22.8. The van der Waals surface area contributed by atoms with Gasteiger partial charge in [0.2, 0.25) is 0 Å². The third-order valence-electron chi connectivity index (χ3n) is 7.17. The molecule has 2 amide bonds. The number of amides is 2. The number of ether oxygens (including phenoxy) is 1. The Labute approximate surface area is 233 Å². The lowest BCUT2D eigenvalue weighted by Crippen LogP contribution is -2.44. The number of nitrogens with zero attached hydrogens (tertiary/aromatic N) is 4. The van der Waals surface area contributed by atoms with Crippen molar-refractivity contribution in [2.24, 2.45) is 0 Å². The summed E-state index contributed by atoms with van der Waals surface area (Å²) in [4.78, 5) is 28.4. The Morgan fingerprint density at radius 1 is 0.950 bits per heavy atom. The van der Waals surface area contributed by atoms with Gasteiger partial charge in [0.1, 0.15) is 17.4 Å². The SMILES string of the molecule is COc1ccc(-c2nn(-c3ccccc3)cc2/C=C2/C(=O)N(C(C)c3ccccc3)C(=O)C(C#N)=C2C)cc1C. The van der Waals surface area contributed by atoms with E-state index in [2.05, 4.69) is 0 Å². The molecule has 198 valence electrons. The highest BCUT2D eigenvalue weighted by Crippen LogP contribution is 2.35. The maximum Gasteiger partial charge on any atom is 0.272 e. The molecular formula is C33H28N4O3. The minimum absolute atomic E-state index is 0.0501. The second-order valence-electron chi connectivity index (χ2n) is 9.63. The summed E-state index contributed by atoms with van der Waals surface area (Å²) in [5.41, 5.74) is 5.34. The van der Waals surface area contributed by atoms with E-state index < -0.39 is 17.9 Å². The molecule has 40 heavy (non-hydrogen) atoms. The number of nitriles is 1. The molecule has 7 nitrogen and oxygen atoms in total. The van der Waals surface area contributed by atoms with Crippen LogP contribution < -0.4 is 4.74 Å². The van der Waals surface area contributed by atoms with Crippen LogP contribution in [0.5, 0.6) is 5.75 Å². The number of carbonyl (C=O) groups excluding carboxylic acids is 2. The van der Waals surface area contributed by atoms with Crippen molar-refractivity contribution < 1.29 is 14.3 Å². The molecule has 1 unspecified atom stereocenters. The minimum Gasteiger partial charge on any atom is -0.496 e. The highest BCUT2D eigenvalue weighted by Gasteiger charge is 2.38. The van der Waals surface area contributed by atoms with E-state index in [-0.39, 0.29) is 11.1 Å². The Bertz CT molecular complexity index is 1710. The van der Waals surface area contributed by atoms with Gasteiger partial charge in [0, 0.05) is 22.9 Å². The highest BCUT2D eigenvalue weighted by molar-refractivity contribution is 6.20. The van der Waals surface area contributed by atoms with E-state index in [9.17, 15) is 14.9 Å². The highest BCUT2D eigenvalue weighted by atomic mass is 16.5. The van der Waals surface area contributed by atoms with Crippen molar-refractivity contribution in [2.75, 3.05) is 7.11 Å². The number of para-hydroxylation sites is 1. The topological polar surface area (TPSA) is 88.2 Å². The molecule has 0 aliphatic carbocycles. The van der Waals surface area contributed by atoms with Crippen LogP contribution in [0, 0.1) is 18.3 Å². The van der Waals surface area contributed by atoms with Crippen LogP contribution >= 0.6 is 0 Å². The van der Waals surface area contributed by atoms with Crippen LogP contribution in [-0.4, -0.2) is 33.6 Å². The fraction of sp³-hybridized carbons (Fsp3) is 0.152. The minimum atomic E-state index is -0.593. The van der Waals surface area contributed by atoms with Gasteiger partial charge in [-0.1, -0.05) is 48.5 Å². The third kappa shape index (κ3) is 4.72. The molecule has 2 heterocycles. The second kappa shape index (κ2) is 10.9. The lowest BCUT2D eigenvalue weighted by atomic mass is 9.91. The van der Waals surface area contributed by atoms with E-state index in [4.69, 9.17) is 9.84 Å². The molecule has 5 rings (SSSR count). The van der Waals surface area contributed by atoms with Crippen molar-refractivity contribution in [3.63, 3.8) is 0 Å². The van der Waals surface area contributed by atoms with Gasteiger partial charge in [-0.05, 0) is 73.9 Å². The average Bonchev–Trinajstić information content (AvgIpc) is 3.40. The van der Waals surface area contributed by atoms with E-state index in [1.807, 2.05) is 98.1 Å². The van der Waals surface area contributed by atoms with Crippen molar-refractivity contribution in [3.8, 4) is 28.8 Å². The molecule has 0 fully saturated rings. The summed E-state index contributed by atoms with van der Waals surface area (Å²) in [5.74, 6) is -0.290. The number of hydrogen-bond acceptors (Lipinski definition) is 5. The van der Waals surface area contributed by atoms with Gasteiger partial charge >= 0.3 is 0 Å². The summed E-state index contributed by atoms with van der Waals surface area (Å²) in [6.07, 6.45) is 3.58. The molecule has 1 aromatic heterocycles. The lowest BCUT2D eigenvalue weighted by Gasteiger charge is -2.32. The van der Waals surface area contributed by atoms with E-state index in [0.29, 0.717) is 16.8 Å². The number of imide groups is 1. The molecule has 1 aliphatic rings. The van der Waals surface area contributed by atoms with Crippen LogP contribution in [0.25, 0.3) is 23.0 Å². The van der Waals surface area contributed by atoms with Gasteiger partial charge in [-0.25, -0.2) is 4.68 Å². The number of hydrogen-bond donors (Lipinski definition) is 0. The number of benzene rings is 3. The zero-order chi connectivity index (χ0) is 28.4. The summed E-state index contributed by atoms with van der Waals surface area (Å²) in [6.45, 7) is 5.39. The van der Waals surface area contributed by atoms with E-state index in [0.717, 1.165) is 28.1 Å². The Morgan fingerprint density at radius 2 is 1.62 bits per heavy atom. The maximum absolute atomic E-state index is 13.9. The first-order valence-electron chi connectivity index (χ1n) is 12.9. The van der Waals surface area contributed by atoms with Crippen molar-refractivity contribution in [3.05, 3.63) is 118 Å². The summed E-state index contributed by atoms with van der Waals surface area (Å²) < 4.78 is 7.20. The van der Waals surface area contributed by atoms with Gasteiger partial charge in [-0.2, -0.15) is 10.4 Å². The third-order valence-corrected chi connectivity index (χ3v) is 7.17. The largest absolute Gasteiger partial charge is 0.496 e. The van der Waals surface area contributed by atoms with Crippen molar-refractivity contribution in [2.45, 2.75) is 26.8 Å². The van der Waals surface area contributed by atoms with Gasteiger partial charge in [0.25, 0.3) is 11.8 Å². The molecule has 0 saturated carbocycles. The first-order chi connectivity index (χ1) is 19.3. The van der Waals surface area contributed by atoms with Crippen LogP contribution in [0.1, 0.15) is 36.6 Å². The Balaban J connectivity index is 1.69. The number of carbonyl (C=O) groups is 2. The molecule has 0 bridgehead atoms. The molecule has 1 atom stereocenters. The average molecular weight is 529 g/mol. The summed E-state index contributed by atoms with van der Waals surface area (Å²) in [6, 6.07) is 26.3. The normalized spacial score (nSPS) is 15.4. The first-order valence-corrected chi connectivity index (χ1v) is 12.9. The predicted molar refractivity (Wildman–Crippen MR) is 153 cm³/mol. The van der Waals surface area contributed by atoms with Gasteiger partial charge in [-0.3, -0.25) is 14.5 Å². The van der Waals surface area contributed by atoms with Crippen LogP contribution in [0.3, 0.4) is 0 Å². The predicted octanol–water partition coefficient (Wildman–Crippen LogP) is 6.21. The maximum atomic E-state index is 13.9. The molecule has 7 heteroatoms. The van der Waals surface area contributed by atoms with Gasteiger partial charge in [0.15, 0.2) is 0 Å². The summed E-state index contributed by atoms with van der Waals surface area (Å²) >= 11 is 0. The Morgan fingerprint density at radius 3 is 2.25 bits per heavy atom. The number of methoxy groups -OCH3 is 1. The Hall–Kier alpha value is -5.22. The summed E-state index contributed by atoms with van der Waals surface area (Å²) in [5, 5.41) is 14.8. The number of aromatic nitrogens is 2. The molecule has 1 aliphatic heterocycles. The first kappa shape index (κ1) is 26.4. The quantitative estimate of drug-likeness (QED) is 0.219. The number of rotatable bonds is 6. The van der Waals surface area contributed by atoms with Crippen molar-refractivity contribution >= 4 is 17.9 Å². The van der Waals surface area contributed by atoms with Crippen molar-refractivity contribution in [1.29, 1.82) is 5.26 Å². The molecule has 4 aromatic rings. The summed E-state index contributed by atoms with van der Waals surface area (Å²) in [7, 11) is 1.63. The molecule has 0 N–H and O–H groups in total. The van der Waals surface area contributed by atoms with Crippen molar-refractivity contribution in [1.82, 2.24) is 14.7 Å². The molecule has 0 spiro atoms. The van der Waals surface area contributed by atoms with Crippen LogP contribution in [-0.2, 0) is 9.59 Å². The number of aryl methyl sites for hydroxylation is 1. The van der Waals surface area contributed by atoms with Crippen LogP contribution in [0.2, 0.25) is 0 Å². The fourth-order valence-electron chi connectivity index (χ4n) is 4.94. The van der Waals surface area contributed by atoms with E-state index in [1.54, 1.807) is 31.7 Å². The smallest absolute Gasteiger partial charge is 0.272 e. The molecule has 3 aromatic carbocycles. The lowest BCUT2D eigenvalue weighted by molar-refractivity contribution is -0.143. The van der Waals surface area contributed by atoms with Crippen LogP contribution in [0.4, 0.5) is 0 Å². The second-order valence-corrected chi connectivity index (χ2v) is 9.63. The van der Waals surface area contributed by atoms with Gasteiger partial charge in [0.05, 0.1) is 24.5 Å². The standard InChI is InChI=1S/C33H28N4O3/c1-21-17-25(15-16-30(21)40-4)31-26(20-36(35-31)27-13-9-6-10-14-27)18-28-22(2)29(19-34)33(39)37(32(28)38)23(3)24-11-7-5-8-12-24/h5-18,20,23H,1-4H3/b28-18+. The molecular weight excluding hydrogens is 500 g/mol. The monoisotopic (exact) mass is 528 g/mol. The van der Waals surface area contributed by atoms with Gasteiger partial charge < -0.3 is 4.74 Å². The Kier molecular flexibility index (Phi) is 7.17. The van der Waals surface area contributed by atoms with Gasteiger partial charge in [-0.15, -0.1) is 0 Å². The molecule has 0 saturated heterocycles. The van der Waals surface area contributed by atoms with Crippen LogP contribution in [0.15, 0.2) is 102 Å². The van der Waals surface area contributed by atoms with E-state index in [1.165, 1.54) is 4.90 Å². The fourth-order valence-corrected chi connectivity index (χ4v) is 4.94. The van der Waals surface area contributed by atoms with E-state index >= 15 is 0 Å².